The minimum absolute atomic E-state index is 0.0437. The number of H-pyrrole nitrogens is 1. The Hall–Kier alpha value is -3.40. The second kappa shape index (κ2) is 8.53. The summed E-state index contributed by atoms with van der Waals surface area (Å²) >= 11 is 5.20. The maximum atomic E-state index is 12.3. The quantitative estimate of drug-likeness (QED) is 0.480. The van der Waals surface area contributed by atoms with Crippen molar-refractivity contribution in [3.63, 3.8) is 0 Å². The molecule has 0 radical (unpaired) electrons. The second-order valence-electron chi connectivity index (χ2n) is 5.61. The number of carbonyl (C=O) groups excluding carboxylic acids is 1. The zero-order valence-electron chi connectivity index (χ0n) is 14.6. The first-order valence-corrected chi connectivity index (χ1v) is 8.48. The van der Waals surface area contributed by atoms with Crippen LogP contribution in [0.2, 0.25) is 0 Å². The van der Waals surface area contributed by atoms with E-state index in [0.29, 0.717) is 17.1 Å². The van der Waals surface area contributed by atoms with E-state index in [4.69, 9.17) is 12.2 Å². The Balaban J connectivity index is 1.82. The monoisotopic (exact) mass is 403 g/mol. The molecule has 3 rings (SSSR count). The molecule has 1 heterocycles. The summed E-state index contributed by atoms with van der Waals surface area (Å²) in [6.45, 7) is -1.45. The summed E-state index contributed by atoms with van der Waals surface area (Å²) in [4.78, 5) is 11.1. The fourth-order valence-corrected chi connectivity index (χ4v) is 2.53. The molecule has 0 bridgehead atoms. The third-order valence-corrected chi connectivity index (χ3v) is 3.81. The van der Waals surface area contributed by atoms with Crippen molar-refractivity contribution in [2.45, 2.75) is 13.5 Å². The van der Waals surface area contributed by atoms with Gasteiger partial charge < -0.3 is 10.1 Å². The van der Waals surface area contributed by atoms with Crippen molar-refractivity contribution in [1.82, 2.24) is 14.9 Å². The van der Waals surface area contributed by atoms with E-state index in [-0.39, 0.29) is 16.4 Å². The molecule has 1 aromatic heterocycles. The predicted octanol–water partition coefficient (Wildman–Crippen LogP) is 4.05. The van der Waals surface area contributed by atoms with Crippen molar-refractivity contribution in [3.05, 3.63) is 58.9 Å². The zero-order chi connectivity index (χ0) is 20.1. The van der Waals surface area contributed by atoms with Crippen LogP contribution in [0.3, 0.4) is 0 Å². The van der Waals surface area contributed by atoms with Crippen molar-refractivity contribution < 1.29 is 18.3 Å². The number of nitrogens with zero attached hydrogens (tertiary/aromatic N) is 3. The molecule has 0 aliphatic rings. The van der Waals surface area contributed by atoms with E-state index >= 15 is 0 Å². The van der Waals surface area contributed by atoms with Gasteiger partial charge in [0.05, 0.1) is 6.21 Å². The zero-order valence-corrected chi connectivity index (χ0v) is 15.4. The highest BCUT2D eigenvalue weighted by Crippen LogP contribution is 2.22. The van der Waals surface area contributed by atoms with Crippen LogP contribution < -0.4 is 10.1 Å². The third-order valence-electron chi connectivity index (χ3n) is 3.54. The molecule has 10 heteroatoms. The van der Waals surface area contributed by atoms with E-state index in [9.17, 15) is 13.6 Å². The summed E-state index contributed by atoms with van der Waals surface area (Å²) in [5.74, 6) is 0.308. The van der Waals surface area contributed by atoms with Gasteiger partial charge in [0.25, 0.3) is 0 Å². The molecule has 0 saturated heterocycles. The number of anilines is 1. The molecule has 0 unspecified atom stereocenters. The van der Waals surface area contributed by atoms with Gasteiger partial charge in [-0.05, 0) is 54.2 Å². The van der Waals surface area contributed by atoms with Crippen LogP contribution >= 0.6 is 12.2 Å². The molecule has 1 amide bonds. The predicted molar refractivity (Wildman–Crippen MR) is 103 cm³/mol. The van der Waals surface area contributed by atoms with Gasteiger partial charge in [0.1, 0.15) is 5.75 Å². The number of benzene rings is 2. The molecule has 7 nitrogen and oxygen atoms in total. The highest BCUT2D eigenvalue weighted by atomic mass is 32.1. The summed E-state index contributed by atoms with van der Waals surface area (Å²) in [6.07, 6.45) is 1.58. The van der Waals surface area contributed by atoms with Crippen LogP contribution in [0.5, 0.6) is 5.75 Å². The first kappa shape index (κ1) is 19.4. The van der Waals surface area contributed by atoms with Gasteiger partial charge in [-0.2, -0.15) is 23.7 Å². The van der Waals surface area contributed by atoms with Crippen molar-refractivity contribution in [2.75, 3.05) is 5.32 Å². The largest absolute Gasteiger partial charge is 0.435 e. The number of amides is 1. The van der Waals surface area contributed by atoms with Gasteiger partial charge in [-0.3, -0.25) is 4.79 Å². The molecule has 0 atom stereocenters. The minimum atomic E-state index is -2.89. The number of halogens is 2. The molecule has 2 aromatic carbocycles. The molecule has 0 saturated carbocycles. The Bertz CT molecular complexity index is 1040. The van der Waals surface area contributed by atoms with Gasteiger partial charge in [0.15, 0.2) is 5.82 Å². The summed E-state index contributed by atoms with van der Waals surface area (Å²) in [6, 6.07) is 13.1. The SMILES string of the molecule is CC(=O)Nc1ccc(C=Nn2c(-c3ccc(OC(F)F)cc3)n[nH]c2=S)cc1. The Labute approximate surface area is 163 Å². The van der Waals surface area contributed by atoms with E-state index in [1.807, 2.05) is 0 Å². The van der Waals surface area contributed by atoms with Gasteiger partial charge in [0.2, 0.25) is 10.7 Å². The smallest absolute Gasteiger partial charge is 0.387 e. The summed E-state index contributed by atoms with van der Waals surface area (Å²) in [7, 11) is 0. The van der Waals surface area contributed by atoms with Gasteiger partial charge in [-0.1, -0.05) is 12.1 Å². The van der Waals surface area contributed by atoms with Gasteiger partial charge in [0, 0.05) is 18.2 Å². The molecular formula is C18H15F2N5O2S. The van der Waals surface area contributed by atoms with Crippen molar-refractivity contribution >= 4 is 30.0 Å². The van der Waals surface area contributed by atoms with Gasteiger partial charge >= 0.3 is 6.61 Å². The number of nitrogens with one attached hydrogen (secondary N) is 2. The Morgan fingerprint density at radius 3 is 2.54 bits per heavy atom. The second-order valence-corrected chi connectivity index (χ2v) is 6.00. The van der Waals surface area contributed by atoms with Gasteiger partial charge in [-0.25, -0.2) is 5.10 Å². The average Bonchev–Trinajstić information content (AvgIpc) is 3.01. The lowest BCUT2D eigenvalue weighted by molar-refractivity contribution is -0.114. The number of rotatable bonds is 6. The van der Waals surface area contributed by atoms with Crippen molar-refractivity contribution in [1.29, 1.82) is 0 Å². The standard InChI is InChI=1S/C18H15F2N5O2S/c1-11(26)22-14-6-2-12(3-7-14)10-21-25-16(23-24-18(25)28)13-4-8-15(9-5-13)27-17(19)20/h2-10,17H,1H3,(H,22,26)(H,24,28). The summed E-state index contributed by atoms with van der Waals surface area (Å²) < 4.78 is 30.5. The summed E-state index contributed by atoms with van der Waals surface area (Å²) in [5.41, 5.74) is 2.08. The lowest BCUT2D eigenvalue weighted by Crippen LogP contribution is -2.05. The van der Waals surface area contributed by atoms with E-state index in [1.54, 1.807) is 42.6 Å². The number of alkyl halides is 2. The molecule has 0 fully saturated rings. The molecule has 28 heavy (non-hydrogen) atoms. The maximum Gasteiger partial charge on any atom is 0.387 e. The number of aromatic amines is 1. The lowest BCUT2D eigenvalue weighted by atomic mass is 10.2. The van der Waals surface area contributed by atoms with Crippen LogP contribution in [-0.2, 0) is 4.79 Å². The minimum Gasteiger partial charge on any atom is -0.435 e. The van der Waals surface area contributed by atoms with Crippen molar-refractivity contribution in [3.8, 4) is 17.1 Å². The Kier molecular flexibility index (Phi) is 5.90. The van der Waals surface area contributed by atoms with Crippen LogP contribution in [0.25, 0.3) is 11.4 Å². The van der Waals surface area contributed by atoms with E-state index in [0.717, 1.165) is 5.56 Å². The Morgan fingerprint density at radius 1 is 1.25 bits per heavy atom. The van der Waals surface area contributed by atoms with E-state index in [1.165, 1.54) is 23.7 Å². The average molecular weight is 403 g/mol. The molecule has 2 N–H and O–H groups in total. The molecule has 0 spiro atoms. The van der Waals surface area contributed by atoms with Crippen LogP contribution in [0.1, 0.15) is 12.5 Å². The Morgan fingerprint density at radius 2 is 1.93 bits per heavy atom. The van der Waals surface area contributed by atoms with Gasteiger partial charge in [-0.15, -0.1) is 0 Å². The van der Waals surface area contributed by atoms with Crippen molar-refractivity contribution in [2.24, 2.45) is 5.10 Å². The highest BCUT2D eigenvalue weighted by molar-refractivity contribution is 7.71. The van der Waals surface area contributed by atoms with E-state index < -0.39 is 6.61 Å². The summed E-state index contributed by atoms with van der Waals surface area (Å²) in [5, 5.41) is 13.8. The van der Waals surface area contributed by atoms with E-state index in [2.05, 4.69) is 25.4 Å². The highest BCUT2D eigenvalue weighted by Gasteiger charge is 2.10. The fraction of sp³-hybridized carbons (Fsp3) is 0.111. The first-order valence-electron chi connectivity index (χ1n) is 8.07. The molecule has 0 aliphatic carbocycles. The molecule has 144 valence electrons. The van der Waals surface area contributed by atoms with Crippen LogP contribution in [0.15, 0.2) is 53.6 Å². The maximum absolute atomic E-state index is 12.3. The number of hydrogen-bond acceptors (Lipinski definition) is 5. The topological polar surface area (TPSA) is 84.3 Å². The fourth-order valence-electron chi connectivity index (χ4n) is 2.35. The van der Waals surface area contributed by atoms with Crippen LogP contribution in [-0.4, -0.2) is 33.6 Å². The number of carbonyl (C=O) groups is 1. The molecular weight excluding hydrogens is 388 g/mol. The van der Waals surface area contributed by atoms with Crippen LogP contribution in [0, 0.1) is 4.77 Å². The van der Waals surface area contributed by atoms with Crippen LogP contribution in [0.4, 0.5) is 14.5 Å². The normalized spacial score (nSPS) is 11.1. The third kappa shape index (κ3) is 4.86. The molecule has 0 aliphatic heterocycles. The number of hydrogen-bond donors (Lipinski definition) is 2. The number of aromatic nitrogens is 3. The lowest BCUT2D eigenvalue weighted by Gasteiger charge is -2.05. The molecule has 3 aromatic rings. The number of ether oxygens (including phenoxy) is 1. The first-order chi connectivity index (χ1) is 13.4.